The minimum absolute atomic E-state index is 0.170. The Morgan fingerprint density at radius 1 is 1.27 bits per heavy atom. The quantitative estimate of drug-likeness (QED) is 0.858. The Balaban J connectivity index is 2.05. The summed E-state index contributed by atoms with van der Waals surface area (Å²) in [6.45, 7) is 6.69. The van der Waals surface area contributed by atoms with Gasteiger partial charge >= 0.3 is 0 Å². The number of hydrogen-bond donors (Lipinski definition) is 1. The summed E-state index contributed by atoms with van der Waals surface area (Å²) in [4.78, 5) is 12.2. The average molecular weight is 302 g/mol. The van der Waals surface area contributed by atoms with E-state index in [9.17, 15) is 4.79 Å². The van der Waals surface area contributed by atoms with Crippen molar-refractivity contribution in [1.82, 2.24) is 5.43 Å². The van der Waals surface area contributed by atoms with Gasteiger partial charge in [0.25, 0.3) is 5.91 Å². The van der Waals surface area contributed by atoms with Crippen molar-refractivity contribution in [3.63, 3.8) is 0 Å². The van der Waals surface area contributed by atoms with Crippen LogP contribution < -0.4 is 10.2 Å². The molecule has 4 nitrogen and oxygen atoms in total. The van der Waals surface area contributed by atoms with Crippen molar-refractivity contribution in [3.05, 3.63) is 29.8 Å². The van der Waals surface area contributed by atoms with E-state index < -0.39 is 0 Å². The third-order valence-corrected chi connectivity index (χ3v) is 4.41. The molecule has 0 unspecified atom stereocenters. The summed E-state index contributed by atoms with van der Waals surface area (Å²) in [6, 6.07) is 7.05. The Bertz CT molecular complexity index is 535. The van der Waals surface area contributed by atoms with Gasteiger partial charge in [0.05, 0.1) is 7.11 Å². The third kappa shape index (κ3) is 4.09. The van der Waals surface area contributed by atoms with E-state index in [2.05, 4.69) is 31.3 Å². The molecule has 0 spiro atoms. The number of hydrogen-bond acceptors (Lipinski definition) is 3. The SMILES string of the molecule is COc1ccc(C(=O)N/N=C2/C[C@@H](C)CC[C@@H]2C(C)C)cc1. The van der Waals surface area contributed by atoms with Crippen molar-refractivity contribution in [2.24, 2.45) is 22.9 Å². The summed E-state index contributed by atoms with van der Waals surface area (Å²) >= 11 is 0. The summed E-state index contributed by atoms with van der Waals surface area (Å²) in [5.41, 5.74) is 4.45. The van der Waals surface area contributed by atoms with Gasteiger partial charge < -0.3 is 4.74 Å². The van der Waals surface area contributed by atoms with Crippen LogP contribution in [0, 0.1) is 17.8 Å². The van der Waals surface area contributed by atoms with Crippen LogP contribution in [0.2, 0.25) is 0 Å². The molecule has 1 N–H and O–H groups in total. The number of nitrogens with zero attached hydrogens (tertiary/aromatic N) is 1. The van der Waals surface area contributed by atoms with Gasteiger partial charge in [0, 0.05) is 17.2 Å². The Morgan fingerprint density at radius 3 is 2.55 bits per heavy atom. The molecule has 1 amide bonds. The first-order chi connectivity index (χ1) is 10.5. The first-order valence-electron chi connectivity index (χ1n) is 8.02. The standard InChI is InChI=1S/C18H26N2O2/c1-12(2)16-10-5-13(3)11-17(16)19-20-18(21)14-6-8-15(22-4)9-7-14/h6-9,12-13,16H,5,10-11H2,1-4H3,(H,20,21)/b19-17-/t13-,16+/m0/s1. The maximum Gasteiger partial charge on any atom is 0.271 e. The van der Waals surface area contributed by atoms with Crippen molar-refractivity contribution >= 4 is 11.6 Å². The second kappa shape index (κ2) is 7.43. The summed E-state index contributed by atoms with van der Waals surface area (Å²) < 4.78 is 5.10. The summed E-state index contributed by atoms with van der Waals surface area (Å²) in [5.74, 6) is 2.25. The number of carbonyl (C=O) groups is 1. The smallest absolute Gasteiger partial charge is 0.271 e. The van der Waals surface area contributed by atoms with E-state index >= 15 is 0 Å². The van der Waals surface area contributed by atoms with Crippen LogP contribution in [0.1, 0.15) is 50.4 Å². The topological polar surface area (TPSA) is 50.7 Å². The third-order valence-electron chi connectivity index (χ3n) is 4.41. The van der Waals surface area contributed by atoms with Crippen molar-refractivity contribution in [2.75, 3.05) is 7.11 Å². The maximum atomic E-state index is 12.2. The normalized spacial score (nSPS) is 23.6. The summed E-state index contributed by atoms with van der Waals surface area (Å²) in [7, 11) is 1.61. The highest BCUT2D eigenvalue weighted by Crippen LogP contribution is 2.31. The lowest BCUT2D eigenvalue weighted by Gasteiger charge is -2.30. The molecule has 1 aromatic rings. The first kappa shape index (κ1) is 16.5. The fourth-order valence-corrected chi connectivity index (χ4v) is 3.02. The van der Waals surface area contributed by atoms with Gasteiger partial charge in [-0.3, -0.25) is 4.79 Å². The molecule has 1 fully saturated rings. The molecule has 0 bridgehead atoms. The van der Waals surface area contributed by atoms with E-state index in [-0.39, 0.29) is 5.91 Å². The molecule has 1 aromatic carbocycles. The Labute approximate surface area is 132 Å². The van der Waals surface area contributed by atoms with Crippen LogP contribution in [0.5, 0.6) is 5.75 Å². The van der Waals surface area contributed by atoms with Gasteiger partial charge in [-0.15, -0.1) is 0 Å². The molecule has 22 heavy (non-hydrogen) atoms. The molecule has 0 radical (unpaired) electrons. The lowest BCUT2D eigenvalue weighted by Crippen LogP contribution is -2.31. The van der Waals surface area contributed by atoms with Gasteiger partial charge in [0.2, 0.25) is 0 Å². The van der Waals surface area contributed by atoms with E-state index in [4.69, 9.17) is 4.74 Å². The molecule has 2 rings (SSSR count). The number of ether oxygens (including phenoxy) is 1. The van der Waals surface area contributed by atoms with E-state index in [1.165, 1.54) is 6.42 Å². The first-order valence-corrected chi connectivity index (χ1v) is 8.02. The van der Waals surface area contributed by atoms with Gasteiger partial charge in [-0.25, -0.2) is 5.43 Å². The lowest BCUT2D eigenvalue weighted by atomic mass is 9.76. The summed E-state index contributed by atoms with van der Waals surface area (Å²) in [5, 5.41) is 4.44. The number of amides is 1. The second-order valence-corrected chi connectivity index (χ2v) is 6.51. The molecule has 1 aliphatic carbocycles. The van der Waals surface area contributed by atoms with Gasteiger partial charge in [-0.2, -0.15) is 5.10 Å². The Kier molecular flexibility index (Phi) is 5.58. The minimum Gasteiger partial charge on any atom is -0.497 e. The highest BCUT2D eigenvalue weighted by Gasteiger charge is 2.27. The average Bonchev–Trinajstić information content (AvgIpc) is 2.52. The van der Waals surface area contributed by atoms with Gasteiger partial charge in [0.1, 0.15) is 5.75 Å². The molecule has 0 aliphatic heterocycles. The van der Waals surface area contributed by atoms with Crippen LogP contribution in [-0.4, -0.2) is 18.7 Å². The number of rotatable bonds is 4. The fraction of sp³-hybridized carbons (Fsp3) is 0.556. The molecule has 0 heterocycles. The number of nitrogens with one attached hydrogen (secondary N) is 1. The molecule has 4 heteroatoms. The van der Waals surface area contributed by atoms with E-state index in [0.29, 0.717) is 23.3 Å². The molecule has 2 atom stereocenters. The van der Waals surface area contributed by atoms with Gasteiger partial charge in [-0.05, 0) is 55.4 Å². The van der Waals surface area contributed by atoms with Gasteiger partial charge in [0.15, 0.2) is 0 Å². The largest absolute Gasteiger partial charge is 0.497 e. The summed E-state index contributed by atoms with van der Waals surface area (Å²) in [6.07, 6.45) is 3.39. The monoisotopic (exact) mass is 302 g/mol. The number of carbonyl (C=O) groups excluding carboxylic acids is 1. The Hall–Kier alpha value is -1.84. The highest BCUT2D eigenvalue weighted by molar-refractivity contribution is 5.96. The zero-order valence-corrected chi connectivity index (χ0v) is 13.9. The zero-order chi connectivity index (χ0) is 16.1. The number of benzene rings is 1. The van der Waals surface area contributed by atoms with Crippen LogP contribution in [0.15, 0.2) is 29.4 Å². The van der Waals surface area contributed by atoms with E-state index in [0.717, 1.165) is 24.3 Å². The maximum absolute atomic E-state index is 12.2. The van der Waals surface area contributed by atoms with Crippen LogP contribution in [-0.2, 0) is 0 Å². The van der Waals surface area contributed by atoms with Crippen molar-refractivity contribution in [2.45, 2.75) is 40.0 Å². The van der Waals surface area contributed by atoms with Crippen LogP contribution in [0.4, 0.5) is 0 Å². The van der Waals surface area contributed by atoms with Crippen LogP contribution >= 0.6 is 0 Å². The van der Waals surface area contributed by atoms with Crippen LogP contribution in [0.25, 0.3) is 0 Å². The van der Waals surface area contributed by atoms with Crippen molar-refractivity contribution < 1.29 is 9.53 Å². The van der Waals surface area contributed by atoms with Crippen molar-refractivity contribution in [1.29, 1.82) is 0 Å². The van der Waals surface area contributed by atoms with Gasteiger partial charge in [-0.1, -0.05) is 20.8 Å². The predicted octanol–water partition coefficient (Wildman–Crippen LogP) is 3.87. The molecule has 0 saturated heterocycles. The molecule has 1 saturated carbocycles. The predicted molar refractivity (Wildman–Crippen MR) is 89.2 cm³/mol. The highest BCUT2D eigenvalue weighted by atomic mass is 16.5. The van der Waals surface area contributed by atoms with E-state index in [1.54, 1.807) is 31.4 Å². The van der Waals surface area contributed by atoms with Crippen molar-refractivity contribution in [3.8, 4) is 5.75 Å². The Morgan fingerprint density at radius 2 is 1.95 bits per heavy atom. The minimum atomic E-state index is -0.170. The number of methoxy groups -OCH3 is 1. The molecular weight excluding hydrogens is 276 g/mol. The fourth-order valence-electron chi connectivity index (χ4n) is 3.02. The van der Waals surface area contributed by atoms with Crippen LogP contribution in [0.3, 0.4) is 0 Å². The molecule has 120 valence electrons. The molecular formula is C18H26N2O2. The zero-order valence-electron chi connectivity index (χ0n) is 13.9. The molecule has 0 aromatic heterocycles. The van der Waals surface area contributed by atoms with E-state index in [1.807, 2.05) is 0 Å². The number of hydrazone groups is 1. The second-order valence-electron chi connectivity index (χ2n) is 6.51. The molecule has 1 aliphatic rings. The lowest BCUT2D eigenvalue weighted by molar-refractivity contribution is 0.0954.